The van der Waals surface area contributed by atoms with Crippen LogP contribution in [0.25, 0.3) is 0 Å². The number of amides is 2. The van der Waals surface area contributed by atoms with E-state index in [0.29, 0.717) is 23.9 Å². The van der Waals surface area contributed by atoms with Gasteiger partial charge in [0.15, 0.2) is 5.43 Å². The molecule has 2 amide bonds. The Labute approximate surface area is 181 Å². The van der Waals surface area contributed by atoms with E-state index in [1.807, 2.05) is 0 Å². The van der Waals surface area contributed by atoms with Gasteiger partial charge in [-0.05, 0) is 68.8 Å². The molecule has 2 aromatic heterocycles. The number of pyridine rings is 1. The van der Waals surface area contributed by atoms with E-state index in [2.05, 4.69) is 15.6 Å². The maximum atomic E-state index is 13.1. The van der Waals surface area contributed by atoms with Crippen molar-refractivity contribution < 1.29 is 11.0 Å². The van der Waals surface area contributed by atoms with Crippen molar-refractivity contribution in [2.24, 2.45) is 17.8 Å². The van der Waals surface area contributed by atoms with E-state index < -0.39 is 0 Å². The average Bonchev–Trinajstić information content (AvgIpc) is 3.63. The minimum Gasteiger partial charge on any atom is -0.365 e. The van der Waals surface area contributed by atoms with Gasteiger partial charge in [-0.15, -0.1) is 11.3 Å². The second-order valence-corrected chi connectivity index (χ2v) is 10.1. The van der Waals surface area contributed by atoms with Crippen LogP contribution in [0, 0.1) is 17.8 Å². The molecule has 7 heteroatoms. The van der Waals surface area contributed by atoms with Gasteiger partial charge in [0.1, 0.15) is 5.00 Å². The number of carbonyl (C=O) groups is 2. The number of fused-ring (bicyclic) bond motifs is 1. The van der Waals surface area contributed by atoms with Crippen LogP contribution in [0.15, 0.2) is 23.1 Å². The normalized spacial score (nSPS) is 20.5. The zero-order valence-corrected chi connectivity index (χ0v) is 17.8. The number of thiophene rings is 1. The topological polar surface area (TPSA) is 91.1 Å². The molecule has 2 heterocycles. The molecule has 0 bridgehead atoms. The fraction of sp³-hybridized carbons (Fsp3) is 0.522. The molecule has 0 saturated heterocycles. The molecule has 0 aliphatic heterocycles. The summed E-state index contributed by atoms with van der Waals surface area (Å²) in [6.07, 6.45) is 9.46. The van der Waals surface area contributed by atoms with Gasteiger partial charge in [0, 0.05) is 42.8 Å². The van der Waals surface area contributed by atoms with E-state index in [0.717, 1.165) is 54.8 Å². The Morgan fingerprint density at radius 1 is 1.17 bits per heavy atom. The minimum absolute atomic E-state index is 0. The Morgan fingerprint density at radius 2 is 2.00 bits per heavy atom. The smallest absolute Gasteiger partial charge is 0.254 e. The van der Waals surface area contributed by atoms with Crippen LogP contribution in [-0.2, 0) is 24.1 Å². The third-order valence-corrected chi connectivity index (χ3v) is 7.57. The highest BCUT2D eigenvalue weighted by molar-refractivity contribution is 7.17. The summed E-state index contributed by atoms with van der Waals surface area (Å²) in [5, 5.41) is 6.87. The SMILES string of the molecule is O=C(NCC1CC1)c1c(NC(=O)C2CC2)sc2c1CC(Cc1cc(=O)cc[nH]1)CC2.[HH]. The van der Waals surface area contributed by atoms with Crippen LogP contribution in [0.2, 0.25) is 0 Å². The van der Waals surface area contributed by atoms with E-state index in [-0.39, 0.29) is 24.6 Å². The van der Waals surface area contributed by atoms with Gasteiger partial charge in [-0.3, -0.25) is 14.4 Å². The van der Waals surface area contributed by atoms with Crippen LogP contribution >= 0.6 is 11.3 Å². The van der Waals surface area contributed by atoms with Gasteiger partial charge in [0.25, 0.3) is 5.91 Å². The van der Waals surface area contributed by atoms with Crippen LogP contribution in [0.4, 0.5) is 5.00 Å². The minimum atomic E-state index is -0.0562. The van der Waals surface area contributed by atoms with Gasteiger partial charge in [-0.1, -0.05) is 0 Å². The van der Waals surface area contributed by atoms with E-state index in [1.165, 1.54) is 23.8 Å². The fourth-order valence-electron chi connectivity index (χ4n) is 4.29. The Bertz CT molecular complexity index is 1040. The van der Waals surface area contributed by atoms with E-state index >= 15 is 0 Å². The second-order valence-electron chi connectivity index (χ2n) is 8.99. The number of aromatic nitrogens is 1. The Kier molecular flexibility index (Phi) is 5.23. The summed E-state index contributed by atoms with van der Waals surface area (Å²) in [5.74, 6) is 1.07. The first-order valence-electron chi connectivity index (χ1n) is 11.0. The number of anilines is 1. The molecule has 1 atom stereocenters. The van der Waals surface area contributed by atoms with Gasteiger partial charge in [-0.25, -0.2) is 0 Å². The van der Waals surface area contributed by atoms with E-state index in [4.69, 9.17) is 0 Å². The van der Waals surface area contributed by atoms with Crippen LogP contribution in [0.3, 0.4) is 0 Å². The van der Waals surface area contributed by atoms with Crippen molar-refractivity contribution in [2.75, 3.05) is 11.9 Å². The first-order chi connectivity index (χ1) is 14.6. The Hall–Kier alpha value is -2.41. The first kappa shape index (κ1) is 19.5. The standard InChI is InChI=1S/C23H27N3O3S.H2/c27-17-7-8-24-16(11-17)9-14-3-6-19-18(10-14)20(22(29)25-12-13-1-2-13)23(30-19)26-21(28)15-4-5-15;/h7-8,11,13-15H,1-6,9-10,12H2,(H,24,27)(H,25,29)(H,26,28);1H. The van der Waals surface area contributed by atoms with Gasteiger partial charge in [-0.2, -0.15) is 0 Å². The molecule has 30 heavy (non-hydrogen) atoms. The molecule has 1 unspecified atom stereocenters. The fourth-order valence-corrected chi connectivity index (χ4v) is 5.53. The van der Waals surface area contributed by atoms with Crippen LogP contribution in [-0.4, -0.2) is 23.3 Å². The lowest BCUT2D eigenvalue weighted by atomic mass is 9.83. The van der Waals surface area contributed by atoms with Crippen molar-refractivity contribution in [1.29, 1.82) is 0 Å². The van der Waals surface area contributed by atoms with Crippen LogP contribution in [0.5, 0.6) is 0 Å². The maximum absolute atomic E-state index is 13.1. The van der Waals surface area contributed by atoms with Crippen molar-refractivity contribution in [3.63, 3.8) is 0 Å². The largest absolute Gasteiger partial charge is 0.365 e. The highest BCUT2D eigenvalue weighted by atomic mass is 32.1. The van der Waals surface area contributed by atoms with Crippen LogP contribution < -0.4 is 16.1 Å². The van der Waals surface area contributed by atoms with Crippen LogP contribution in [0.1, 0.15) is 60.0 Å². The lowest BCUT2D eigenvalue weighted by Crippen LogP contribution is -2.28. The number of carbonyl (C=O) groups excluding carboxylic acids is 2. The third-order valence-electron chi connectivity index (χ3n) is 6.36. The molecule has 2 aromatic rings. The first-order valence-corrected chi connectivity index (χ1v) is 11.8. The number of nitrogens with one attached hydrogen (secondary N) is 3. The molecule has 0 aromatic carbocycles. The zero-order chi connectivity index (χ0) is 20.7. The Balaban J connectivity index is 0.00000231. The lowest BCUT2D eigenvalue weighted by molar-refractivity contribution is -0.117. The van der Waals surface area contributed by atoms with Crippen molar-refractivity contribution >= 4 is 28.2 Å². The molecule has 3 N–H and O–H groups in total. The number of aromatic amines is 1. The highest BCUT2D eigenvalue weighted by Crippen LogP contribution is 2.41. The molecular weight excluding hydrogens is 398 g/mol. The molecule has 2 saturated carbocycles. The Morgan fingerprint density at radius 3 is 2.73 bits per heavy atom. The number of hydrogen-bond acceptors (Lipinski definition) is 4. The van der Waals surface area contributed by atoms with Gasteiger partial charge < -0.3 is 15.6 Å². The molecule has 0 radical (unpaired) electrons. The van der Waals surface area contributed by atoms with Crippen molar-refractivity contribution in [1.82, 2.24) is 10.3 Å². The highest BCUT2D eigenvalue weighted by Gasteiger charge is 2.34. The summed E-state index contributed by atoms with van der Waals surface area (Å²) in [7, 11) is 0. The summed E-state index contributed by atoms with van der Waals surface area (Å²) in [6, 6.07) is 3.19. The number of hydrogen-bond donors (Lipinski definition) is 3. The molecular formula is C23H29N3O3S. The predicted molar refractivity (Wildman–Crippen MR) is 119 cm³/mol. The number of aryl methyl sites for hydroxylation is 1. The van der Waals surface area contributed by atoms with Crippen molar-refractivity contribution in [3.05, 3.63) is 50.3 Å². The second kappa shape index (κ2) is 8.02. The maximum Gasteiger partial charge on any atom is 0.254 e. The summed E-state index contributed by atoms with van der Waals surface area (Å²) in [5.41, 5.74) is 2.72. The third kappa shape index (κ3) is 4.36. The molecule has 6 nitrogen and oxygen atoms in total. The van der Waals surface area contributed by atoms with Gasteiger partial charge in [0.05, 0.1) is 5.56 Å². The van der Waals surface area contributed by atoms with Gasteiger partial charge >= 0.3 is 0 Å². The molecule has 0 spiro atoms. The van der Waals surface area contributed by atoms with Crippen molar-refractivity contribution in [2.45, 2.75) is 51.4 Å². The predicted octanol–water partition coefficient (Wildman–Crippen LogP) is 3.52. The van der Waals surface area contributed by atoms with E-state index in [9.17, 15) is 14.4 Å². The number of rotatable bonds is 7. The zero-order valence-electron chi connectivity index (χ0n) is 17.0. The lowest BCUT2D eigenvalue weighted by Gasteiger charge is -2.23. The molecule has 160 valence electrons. The molecule has 2 fully saturated rings. The number of H-pyrrole nitrogens is 1. The monoisotopic (exact) mass is 427 g/mol. The quantitative estimate of drug-likeness (QED) is 0.631. The molecule has 3 aliphatic rings. The van der Waals surface area contributed by atoms with Gasteiger partial charge in [0.2, 0.25) is 5.91 Å². The average molecular weight is 428 g/mol. The summed E-state index contributed by atoms with van der Waals surface area (Å²) in [4.78, 5) is 41.6. The summed E-state index contributed by atoms with van der Waals surface area (Å²) in [6.45, 7) is 0.716. The summed E-state index contributed by atoms with van der Waals surface area (Å²) < 4.78 is 0. The molecule has 5 rings (SSSR count). The van der Waals surface area contributed by atoms with E-state index in [1.54, 1.807) is 23.6 Å². The molecule has 3 aliphatic carbocycles. The summed E-state index contributed by atoms with van der Waals surface area (Å²) >= 11 is 1.57. The van der Waals surface area contributed by atoms with Crippen molar-refractivity contribution in [3.8, 4) is 0 Å².